The number of benzene rings is 2. The maximum Gasteiger partial charge on any atom is 0.410 e. The molecule has 2 N–H and O–H groups in total. The SMILES string of the molecule is COCCNc1ccccc1Cn1ccc2cnc(Nc3ccc(N4CCN(C(=O)OC(C)(C)C)CC4)cc3)nc21. The molecule has 1 fully saturated rings. The zero-order chi connectivity index (χ0) is 28.8. The molecule has 10 nitrogen and oxygen atoms in total. The lowest BCUT2D eigenvalue weighted by atomic mass is 10.1. The molecule has 0 bridgehead atoms. The number of methoxy groups -OCH3 is 1. The van der Waals surface area contributed by atoms with Crippen molar-refractivity contribution in [1.29, 1.82) is 0 Å². The molecule has 1 saturated heterocycles. The standard InChI is InChI=1S/C31H39N7O3/c1-31(2,3)41-30(39)37-18-16-36(17-19-37)26-11-9-25(10-12-26)34-29-33-21-23-13-15-38(28(23)35-29)22-24-7-5-6-8-27(24)32-14-20-40-4/h5-13,15,21,32H,14,16-20,22H2,1-4H3,(H,33,34,35). The van der Waals surface area contributed by atoms with E-state index in [1.165, 1.54) is 5.56 Å². The van der Waals surface area contributed by atoms with E-state index in [2.05, 4.69) is 55.4 Å². The quantitative estimate of drug-likeness (QED) is 0.266. The van der Waals surface area contributed by atoms with Gasteiger partial charge in [0.2, 0.25) is 5.95 Å². The van der Waals surface area contributed by atoms with E-state index in [4.69, 9.17) is 14.5 Å². The fourth-order valence-corrected chi connectivity index (χ4v) is 4.82. The number of nitrogens with one attached hydrogen (secondary N) is 2. The molecule has 0 saturated carbocycles. The normalized spacial score (nSPS) is 13.9. The lowest BCUT2D eigenvalue weighted by Gasteiger charge is -2.36. The molecule has 41 heavy (non-hydrogen) atoms. The summed E-state index contributed by atoms with van der Waals surface area (Å²) in [7, 11) is 1.70. The number of hydrogen-bond donors (Lipinski definition) is 2. The van der Waals surface area contributed by atoms with Gasteiger partial charge in [0.25, 0.3) is 0 Å². The molecule has 2 aromatic heterocycles. The van der Waals surface area contributed by atoms with Crippen molar-refractivity contribution >= 4 is 40.1 Å². The highest BCUT2D eigenvalue weighted by Gasteiger charge is 2.26. The van der Waals surface area contributed by atoms with Crippen molar-refractivity contribution < 1.29 is 14.3 Å². The third-order valence-electron chi connectivity index (χ3n) is 6.90. The maximum absolute atomic E-state index is 12.4. The largest absolute Gasteiger partial charge is 0.444 e. The summed E-state index contributed by atoms with van der Waals surface area (Å²) in [6.07, 6.45) is 3.65. The minimum atomic E-state index is -0.485. The van der Waals surface area contributed by atoms with Gasteiger partial charge in [-0.15, -0.1) is 0 Å². The van der Waals surface area contributed by atoms with Crippen molar-refractivity contribution in [2.24, 2.45) is 0 Å². The Morgan fingerprint density at radius 3 is 2.49 bits per heavy atom. The van der Waals surface area contributed by atoms with Gasteiger partial charge >= 0.3 is 6.09 Å². The van der Waals surface area contributed by atoms with E-state index in [0.29, 0.717) is 32.2 Å². The molecular formula is C31H39N7O3. The van der Waals surface area contributed by atoms with Gasteiger partial charge in [-0.3, -0.25) is 0 Å². The third kappa shape index (κ3) is 7.26. The van der Waals surface area contributed by atoms with E-state index in [-0.39, 0.29) is 6.09 Å². The number of carbonyl (C=O) groups excluding carboxylic acids is 1. The van der Waals surface area contributed by atoms with Gasteiger partial charge in [-0.25, -0.2) is 9.78 Å². The first-order chi connectivity index (χ1) is 19.8. The molecule has 3 heterocycles. The van der Waals surface area contributed by atoms with Crippen molar-refractivity contribution in [3.8, 4) is 0 Å². The molecular weight excluding hydrogens is 518 g/mol. The molecule has 2 aromatic carbocycles. The van der Waals surface area contributed by atoms with Gasteiger partial charge in [-0.2, -0.15) is 4.98 Å². The molecule has 0 aliphatic carbocycles. The second-order valence-electron chi connectivity index (χ2n) is 11.1. The van der Waals surface area contributed by atoms with Crippen LogP contribution in [0.15, 0.2) is 67.0 Å². The average molecular weight is 558 g/mol. The van der Waals surface area contributed by atoms with Gasteiger partial charge in [0.15, 0.2) is 0 Å². The minimum Gasteiger partial charge on any atom is -0.444 e. The molecule has 10 heteroatoms. The summed E-state index contributed by atoms with van der Waals surface area (Å²) < 4.78 is 12.8. The van der Waals surface area contributed by atoms with Crippen LogP contribution in [0, 0.1) is 0 Å². The lowest BCUT2D eigenvalue weighted by Crippen LogP contribution is -2.50. The number of para-hydroxylation sites is 1. The Bertz CT molecular complexity index is 1450. The molecule has 216 valence electrons. The van der Waals surface area contributed by atoms with Crippen molar-refractivity contribution in [2.45, 2.75) is 32.9 Å². The summed E-state index contributed by atoms with van der Waals surface area (Å²) >= 11 is 0. The molecule has 0 radical (unpaired) electrons. The summed E-state index contributed by atoms with van der Waals surface area (Å²) in [6, 6.07) is 18.6. The second-order valence-corrected chi connectivity index (χ2v) is 11.1. The van der Waals surface area contributed by atoms with Crippen LogP contribution in [0.5, 0.6) is 0 Å². The van der Waals surface area contributed by atoms with E-state index in [1.807, 2.05) is 57.4 Å². The van der Waals surface area contributed by atoms with Crippen LogP contribution in [0.4, 0.5) is 27.8 Å². The Labute approximate surface area is 241 Å². The van der Waals surface area contributed by atoms with Gasteiger partial charge in [0.05, 0.1) is 13.2 Å². The van der Waals surface area contributed by atoms with Crippen molar-refractivity contribution in [3.05, 3.63) is 72.6 Å². The van der Waals surface area contributed by atoms with Crippen LogP contribution in [-0.4, -0.2) is 77.6 Å². The van der Waals surface area contributed by atoms with E-state index < -0.39 is 5.60 Å². The molecule has 1 amide bonds. The molecule has 1 aliphatic heterocycles. The molecule has 1 aliphatic rings. The number of fused-ring (bicyclic) bond motifs is 1. The Balaban J connectivity index is 1.22. The number of piperazine rings is 1. The Morgan fingerprint density at radius 1 is 1.00 bits per heavy atom. The number of hydrogen-bond acceptors (Lipinski definition) is 8. The van der Waals surface area contributed by atoms with Crippen LogP contribution in [0.3, 0.4) is 0 Å². The van der Waals surface area contributed by atoms with E-state index in [0.717, 1.165) is 47.7 Å². The molecule has 0 spiro atoms. The zero-order valence-electron chi connectivity index (χ0n) is 24.3. The fraction of sp³-hybridized carbons (Fsp3) is 0.387. The van der Waals surface area contributed by atoms with Gasteiger partial charge in [-0.1, -0.05) is 18.2 Å². The number of anilines is 4. The van der Waals surface area contributed by atoms with E-state index in [1.54, 1.807) is 12.0 Å². The van der Waals surface area contributed by atoms with Crippen LogP contribution >= 0.6 is 0 Å². The van der Waals surface area contributed by atoms with Gasteiger partial charge in [0.1, 0.15) is 11.2 Å². The number of rotatable bonds is 9. The minimum absolute atomic E-state index is 0.247. The van der Waals surface area contributed by atoms with E-state index >= 15 is 0 Å². The average Bonchev–Trinajstić information content (AvgIpc) is 3.35. The highest BCUT2D eigenvalue weighted by Crippen LogP contribution is 2.24. The molecule has 5 rings (SSSR count). The predicted molar refractivity (Wildman–Crippen MR) is 163 cm³/mol. The maximum atomic E-state index is 12.4. The second kappa shape index (κ2) is 12.5. The van der Waals surface area contributed by atoms with E-state index in [9.17, 15) is 4.79 Å². The summed E-state index contributed by atoms with van der Waals surface area (Å²) in [6.45, 7) is 10.5. The summed E-state index contributed by atoms with van der Waals surface area (Å²) in [5, 5.41) is 7.79. The summed E-state index contributed by atoms with van der Waals surface area (Å²) in [4.78, 5) is 25.8. The molecule has 0 unspecified atom stereocenters. The third-order valence-corrected chi connectivity index (χ3v) is 6.90. The van der Waals surface area contributed by atoms with Gasteiger partial charge in [-0.05, 0) is 62.7 Å². The monoisotopic (exact) mass is 557 g/mol. The van der Waals surface area contributed by atoms with Crippen LogP contribution in [-0.2, 0) is 16.0 Å². The predicted octanol–water partition coefficient (Wildman–Crippen LogP) is 5.34. The Kier molecular flexibility index (Phi) is 8.58. The van der Waals surface area contributed by atoms with Gasteiger partial charge in [0, 0.05) is 74.7 Å². The first kappa shape index (κ1) is 28.2. The molecule has 4 aromatic rings. The lowest BCUT2D eigenvalue weighted by molar-refractivity contribution is 0.0240. The fourth-order valence-electron chi connectivity index (χ4n) is 4.82. The number of ether oxygens (including phenoxy) is 2. The smallest absolute Gasteiger partial charge is 0.410 e. The van der Waals surface area contributed by atoms with Crippen molar-refractivity contribution in [3.63, 3.8) is 0 Å². The summed E-state index contributed by atoms with van der Waals surface area (Å²) in [5.41, 5.74) is 4.67. The Hall–Kier alpha value is -4.31. The Morgan fingerprint density at radius 2 is 1.76 bits per heavy atom. The highest BCUT2D eigenvalue weighted by atomic mass is 16.6. The van der Waals surface area contributed by atoms with Crippen LogP contribution in [0.25, 0.3) is 11.0 Å². The zero-order valence-corrected chi connectivity index (χ0v) is 24.3. The number of aromatic nitrogens is 3. The highest BCUT2D eigenvalue weighted by molar-refractivity contribution is 5.77. The first-order valence-electron chi connectivity index (χ1n) is 14.0. The van der Waals surface area contributed by atoms with Gasteiger partial charge < -0.3 is 34.5 Å². The number of amides is 1. The van der Waals surface area contributed by atoms with Crippen LogP contribution < -0.4 is 15.5 Å². The van der Waals surface area contributed by atoms with Crippen LogP contribution in [0.1, 0.15) is 26.3 Å². The van der Waals surface area contributed by atoms with Crippen LogP contribution in [0.2, 0.25) is 0 Å². The number of nitrogens with zero attached hydrogens (tertiary/aromatic N) is 5. The van der Waals surface area contributed by atoms with Crippen molar-refractivity contribution in [1.82, 2.24) is 19.4 Å². The van der Waals surface area contributed by atoms with Crippen molar-refractivity contribution in [2.75, 3.05) is 62.0 Å². The topological polar surface area (TPSA) is 96.8 Å². The first-order valence-corrected chi connectivity index (χ1v) is 14.0. The molecule has 0 atom stereocenters. The number of carbonyl (C=O) groups is 1. The summed E-state index contributed by atoms with van der Waals surface area (Å²) in [5.74, 6) is 0.544.